The highest BCUT2D eigenvalue weighted by Crippen LogP contribution is 2.26. The first-order valence-corrected chi connectivity index (χ1v) is 8.98. The van der Waals surface area contributed by atoms with Crippen molar-refractivity contribution in [3.05, 3.63) is 49.9 Å². The summed E-state index contributed by atoms with van der Waals surface area (Å²) >= 11 is 13.9. The number of guanidine groups is 1. The minimum Gasteiger partial charge on any atom is -0.357 e. The van der Waals surface area contributed by atoms with Gasteiger partial charge in [-0.1, -0.05) is 29.3 Å². The van der Waals surface area contributed by atoms with Gasteiger partial charge in [-0.05, 0) is 38.5 Å². The van der Waals surface area contributed by atoms with Crippen molar-refractivity contribution in [2.75, 3.05) is 6.54 Å². The summed E-state index contributed by atoms with van der Waals surface area (Å²) in [4.78, 5) is 9.99. The molecule has 0 radical (unpaired) electrons. The highest BCUT2D eigenvalue weighted by molar-refractivity contribution is 7.11. The molecule has 0 bridgehead atoms. The molecular weight excluding hydrogens is 351 g/mol. The fourth-order valence-electron chi connectivity index (χ4n) is 2.09. The van der Waals surface area contributed by atoms with Gasteiger partial charge in [0.1, 0.15) is 0 Å². The molecule has 2 aromatic rings. The van der Waals surface area contributed by atoms with Gasteiger partial charge < -0.3 is 10.6 Å². The summed E-state index contributed by atoms with van der Waals surface area (Å²) in [6, 6.07) is 5.53. The van der Waals surface area contributed by atoms with Crippen molar-refractivity contribution in [1.82, 2.24) is 15.6 Å². The van der Waals surface area contributed by atoms with Gasteiger partial charge >= 0.3 is 0 Å². The minimum atomic E-state index is 0.0146. The number of benzene rings is 1. The van der Waals surface area contributed by atoms with Crippen LogP contribution in [0.5, 0.6) is 0 Å². The number of aliphatic imine (C=N–C) groups is 1. The van der Waals surface area contributed by atoms with Gasteiger partial charge in [0.2, 0.25) is 0 Å². The molecule has 1 unspecified atom stereocenters. The summed E-state index contributed by atoms with van der Waals surface area (Å²) < 4.78 is 0. The summed E-state index contributed by atoms with van der Waals surface area (Å²) in [5.41, 5.74) is 0.982. The lowest BCUT2D eigenvalue weighted by atomic mass is 10.1. The van der Waals surface area contributed by atoms with Crippen LogP contribution in [0.1, 0.15) is 35.3 Å². The molecular formula is C16H20Cl2N4S. The standard InChI is InChI=1S/C16H20Cl2N4S/c1-4-19-16(21-9-13-8-20-11(3)23-13)22-10(2)14-6-5-12(17)7-15(14)18/h5-8,10H,4,9H2,1-3H3,(H2,19,21,22). The van der Waals surface area contributed by atoms with Crippen LogP contribution >= 0.6 is 34.5 Å². The molecule has 2 N–H and O–H groups in total. The van der Waals surface area contributed by atoms with Crippen LogP contribution in [0.25, 0.3) is 0 Å². The first kappa shape index (κ1) is 18.0. The van der Waals surface area contributed by atoms with Crippen molar-refractivity contribution in [3.8, 4) is 0 Å². The lowest BCUT2D eigenvalue weighted by Crippen LogP contribution is -2.38. The predicted molar refractivity (Wildman–Crippen MR) is 99.7 cm³/mol. The molecule has 0 spiro atoms. The number of thiazole rings is 1. The molecule has 1 heterocycles. The first-order chi connectivity index (χ1) is 11.0. The van der Waals surface area contributed by atoms with Crippen LogP contribution in [0.3, 0.4) is 0 Å². The number of hydrogen-bond acceptors (Lipinski definition) is 3. The summed E-state index contributed by atoms with van der Waals surface area (Å²) in [6.45, 7) is 7.45. The van der Waals surface area contributed by atoms with Crippen molar-refractivity contribution in [1.29, 1.82) is 0 Å². The van der Waals surface area contributed by atoms with E-state index in [0.29, 0.717) is 16.6 Å². The van der Waals surface area contributed by atoms with E-state index in [4.69, 9.17) is 23.2 Å². The van der Waals surface area contributed by atoms with E-state index in [1.165, 1.54) is 0 Å². The zero-order valence-corrected chi connectivity index (χ0v) is 15.7. The van der Waals surface area contributed by atoms with Crippen molar-refractivity contribution in [2.24, 2.45) is 4.99 Å². The first-order valence-electron chi connectivity index (χ1n) is 7.40. The van der Waals surface area contributed by atoms with E-state index in [1.54, 1.807) is 17.4 Å². The summed E-state index contributed by atoms with van der Waals surface area (Å²) in [5.74, 6) is 0.747. The van der Waals surface area contributed by atoms with Gasteiger partial charge in [0.15, 0.2) is 5.96 Å². The number of aromatic nitrogens is 1. The third-order valence-corrected chi connectivity index (χ3v) is 4.65. The smallest absolute Gasteiger partial charge is 0.192 e. The zero-order valence-electron chi connectivity index (χ0n) is 13.4. The molecule has 0 saturated heterocycles. The Labute approximate surface area is 151 Å². The number of rotatable bonds is 5. The van der Waals surface area contributed by atoms with Crippen LogP contribution in [0.4, 0.5) is 0 Å². The SMILES string of the molecule is CCNC(=NCc1cnc(C)s1)NC(C)c1ccc(Cl)cc1Cl. The zero-order chi connectivity index (χ0) is 16.8. The normalized spacial score (nSPS) is 13.0. The predicted octanol–water partition coefficient (Wildman–Crippen LogP) is 4.57. The topological polar surface area (TPSA) is 49.3 Å². The van der Waals surface area contributed by atoms with Crippen LogP contribution in [-0.4, -0.2) is 17.5 Å². The van der Waals surface area contributed by atoms with Crippen LogP contribution in [0.15, 0.2) is 29.4 Å². The molecule has 2 rings (SSSR count). The highest BCUT2D eigenvalue weighted by atomic mass is 35.5. The molecule has 4 nitrogen and oxygen atoms in total. The molecule has 0 aliphatic heterocycles. The van der Waals surface area contributed by atoms with Crippen molar-refractivity contribution in [2.45, 2.75) is 33.4 Å². The summed E-state index contributed by atoms with van der Waals surface area (Å²) in [5, 5.41) is 8.94. The number of aryl methyl sites for hydroxylation is 1. The van der Waals surface area contributed by atoms with E-state index < -0.39 is 0 Å². The van der Waals surface area contributed by atoms with Crippen molar-refractivity contribution >= 4 is 40.5 Å². The van der Waals surface area contributed by atoms with Crippen LogP contribution in [0, 0.1) is 6.92 Å². The Balaban J connectivity index is 2.08. The monoisotopic (exact) mass is 370 g/mol. The van der Waals surface area contributed by atoms with E-state index in [9.17, 15) is 0 Å². The third kappa shape index (κ3) is 5.37. The van der Waals surface area contributed by atoms with Gasteiger partial charge in [-0.25, -0.2) is 9.98 Å². The summed E-state index contributed by atoms with van der Waals surface area (Å²) in [7, 11) is 0. The average molecular weight is 371 g/mol. The Morgan fingerprint density at radius 1 is 1.39 bits per heavy atom. The Morgan fingerprint density at radius 3 is 2.78 bits per heavy atom. The largest absolute Gasteiger partial charge is 0.357 e. The highest BCUT2D eigenvalue weighted by Gasteiger charge is 2.12. The van der Waals surface area contributed by atoms with E-state index in [-0.39, 0.29) is 6.04 Å². The molecule has 1 atom stereocenters. The molecule has 0 aliphatic rings. The van der Waals surface area contributed by atoms with Crippen LogP contribution in [0.2, 0.25) is 10.0 Å². The lowest BCUT2D eigenvalue weighted by Gasteiger charge is -2.19. The maximum absolute atomic E-state index is 6.27. The number of hydrogen-bond donors (Lipinski definition) is 2. The van der Waals surface area contributed by atoms with Gasteiger partial charge in [0.05, 0.1) is 17.6 Å². The third-order valence-electron chi connectivity index (χ3n) is 3.19. The maximum Gasteiger partial charge on any atom is 0.192 e. The van der Waals surface area contributed by atoms with Gasteiger partial charge in [-0.3, -0.25) is 0 Å². The second-order valence-corrected chi connectivity index (χ2v) is 7.24. The lowest BCUT2D eigenvalue weighted by molar-refractivity contribution is 0.687. The van der Waals surface area contributed by atoms with Crippen molar-refractivity contribution in [3.63, 3.8) is 0 Å². The van der Waals surface area contributed by atoms with Crippen LogP contribution < -0.4 is 10.6 Å². The molecule has 0 fully saturated rings. The van der Waals surface area contributed by atoms with E-state index in [1.807, 2.05) is 39.1 Å². The molecule has 7 heteroatoms. The number of nitrogens with one attached hydrogen (secondary N) is 2. The molecule has 1 aromatic carbocycles. The van der Waals surface area contributed by atoms with E-state index in [0.717, 1.165) is 28.0 Å². The average Bonchev–Trinajstić information content (AvgIpc) is 2.90. The second kappa shape index (κ2) is 8.52. The Morgan fingerprint density at radius 2 is 2.17 bits per heavy atom. The molecule has 1 aromatic heterocycles. The van der Waals surface area contributed by atoms with Gasteiger partial charge in [-0.2, -0.15) is 0 Å². The maximum atomic E-state index is 6.27. The fourth-order valence-corrected chi connectivity index (χ4v) is 3.38. The number of halogens is 2. The van der Waals surface area contributed by atoms with E-state index >= 15 is 0 Å². The molecule has 124 valence electrons. The second-order valence-electron chi connectivity index (χ2n) is 5.07. The Kier molecular flexibility index (Phi) is 6.69. The fraction of sp³-hybridized carbons (Fsp3) is 0.375. The molecule has 23 heavy (non-hydrogen) atoms. The Hall–Kier alpha value is -1.30. The minimum absolute atomic E-state index is 0.0146. The van der Waals surface area contributed by atoms with Crippen molar-refractivity contribution < 1.29 is 0 Å². The van der Waals surface area contributed by atoms with E-state index in [2.05, 4.69) is 20.6 Å². The van der Waals surface area contributed by atoms with Gasteiger partial charge in [0, 0.05) is 27.7 Å². The summed E-state index contributed by atoms with van der Waals surface area (Å²) in [6.07, 6.45) is 1.87. The van der Waals surface area contributed by atoms with Gasteiger partial charge in [0.25, 0.3) is 0 Å². The van der Waals surface area contributed by atoms with Crippen LogP contribution in [-0.2, 0) is 6.54 Å². The molecule has 0 saturated carbocycles. The quantitative estimate of drug-likeness (QED) is 0.598. The van der Waals surface area contributed by atoms with Gasteiger partial charge in [-0.15, -0.1) is 11.3 Å². The molecule has 0 aliphatic carbocycles. The molecule has 0 amide bonds. The Bertz CT molecular complexity index is 684. The number of nitrogens with zero attached hydrogens (tertiary/aromatic N) is 2.